The van der Waals surface area contributed by atoms with Crippen LogP contribution in [0.2, 0.25) is 0 Å². The number of hydrogen-bond donors (Lipinski definition) is 0. The molecule has 180 valence electrons. The lowest BCUT2D eigenvalue weighted by Crippen LogP contribution is -2.20. The maximum Gasteiger partial charge on any atom is 0.166 e. The van der Waals surface area contributed by atoms with Gasteiger partial charge in [-0.1, -0.05) is 75.9 Å². The molecule has 2 aromatic rings. The summed E-state index contributed by atoms with van der Waals surface area (Å²) in [6.07, 6.45) is 12.8. The number of hydrogen-bond acceptors (Lipinski definition) is 1. The van der Waals surface area contributed by atoms with Gasteiger partial charge in [0.25, 0.3) is 0 Å². The summed E-state index contributed by atoms with van der Waals surface area (Å²) in [7, 11) is 0. The van der Waals surface area contributed by atoms with Gasteiger partial charge in [0.2, 0.25) is 0 Å². The molecule has 33 heavy (non-hydrogen) atoms. The third-order valence-corrected chi connectivity index (χ3v) is 8.16. The summed E-state index contributed by atoms with van der Waals surface area (Å²) in [6.45, 7) is 5.29. The Hall–Kier alpha value is -1.74. The van der Waals surface area contributed by atoms with Gasteiger partial charge in [-0.15, -0.1) is 0 Å². The minimum atomic E-state index is -0.707. The number of ether oxygens (including phenoxy) is 1. The molecule has 0 amide bonds. The fourth-order valence-corrected chi connectivity index (χ4v) is 5.84. The zero-order chi connectivity index (χ0) is 23.2. The third-order valence-electron chi connectivity index (χ3n) is 8.16. The van der Waals surface area contributed by atoms with Crippen LogP contribution in [-0.4, -0.2) is 6.61 Å². The van der Waals surface area contributed by atoms with Crippen LogP contribution in [-0.2, 0) is 4.74 Å². The Labute approximate surface area is 198 Å². The Morgan fingerprint density at radius 2 is 1.52 bits per heavy atom. The molecule has 0 N–H and O–H groups in total. The largest absolute Gasteiger partial charge is 0.373 e. The fraction of sp³-hybridized carbons (Fsp3) is 0.600. The van der Waals surface area contributed by atoms with Gasteiger partial charge in [-0.25, -0.2) is 8.78 Å². The molecule has 1 aliphatic heterocycles. The SMILES string of the molecule is CCCCCC1CCC(c2ccc(-c3ccc(C4CCC(CC)CC4)c(F)c3F)cc2)OC1. The number of rotatable bonds is 8. The molecular weight excluding hydrogens is 414 g/mol. The molecule has 1 saturated heterocycles. The maximum absolute atomic E-state index is 15.1. The first-order chi connectivity index (χ1) is 16.1. The maximum atomic E-state index is 15.1. The van der Waals surface area contributed by atoms with E-state index in [1.807, 2.05) is 30.3 Å². The monoisotopic (exact) mass is 454 g/mol. The molecule has 2 atom stereocenters. The van der Waals surface area contributed by atoms with Crippen LogP contribution in [0, 0.1) is 23.5 Å². The van der Waals surface area contributed by atoms with Crippen LogP contribution in [0.25, 0.3) is 11.1 Å². The fourth-order valence-electron chi connectivity index (χ4n) is 5.84. The summed E-state index contributed by atoms with van der Waals surface area (Å²) < 4.78 is 36.3. The predicted octanol–water partition coefficient (Wildman–Crippen LogP) is 9.36. The van der Waals surface area contributed by atoms with Gasteiger partial charge in [0.15, 0.2) is 11.6 Å². The Bertz CT molecular complexity index is 875. The second-order valence-electron chi connectivity index (χ2n) is 10.3. The van der Waals surface area contributed by atoms with Gasteiger partial charge < -0.3 is 4.74 Å². The van der Waals surface area contributed by atoms with Crippen LogP contribution in [0.4, 0.5) is 8.78 Å². The standard InChI is InChI=1S/C30H40F2O/c1-3-5-6-7-22-10-19-28(33-20-22)25-15-13-24(14-16-25)27-18-17-26(29(31)30(27)32)23-11-8-21(4-2)9-12-23/h13-18,21-23,28H,3-12,19-20H2,1-2H3. The number of unbranched alkanes of at least 4 members (excludes halogenated alkanes) is 2. The smallest absolute Gasteiger partial charge is 0.166 e. The molecule has 3 heteroatoms. The van der Waals surface area contributed by atoms with E-state index in [1.54, 1.807) is 6.07 Å². The molecular formula is C30H40F2O. The van der Waals surface area contributed by atoms with E-state index in [0.29, 0.717) is 17.0 Å². The van der Waals surface area contributed by atoms with Gasteiger partial charge in [-0.05, 0) is 79.4 Å². The molecule has 0 aromatic heterocycles. The molecule has 2 aromatic carbocycles. The number of halogens is 2. The van der Waals surface area contributed by atoms with Crippen molar-refractivity contribution in [1.82, 2.24) is 0 Å². The Morgan fingerprint density at radius 3 is 2.15 bits per heavy atom. The third kappa shape index (κ3) is 5.85. The molecule has 2 aliphatic rings. The zero-order valence-corrected chi connectivity index (χ0v) is 20.4. The van der Waals surface area contributed by atoms with Crippen molar-refractivity contribution >= 4 is 0 Å². The van der Waals surface area contributed by atoms with Gasteiger partial charge >= 0.3 is 0 Å². The highest BCUT2D eigenvalue weighted by Crippen LogP contribution is 2.40. The van der Waals surface area contributed by atoms with E-state index in [0.717, 1.165) is 55.8 Å². The molecule has 0 bridgehead atoms. The molecule has 0 spiro atoms. The lowest BCUT2D eigenvalue weighted by Gasteiger charge is -2.29. The van der Waals surface area contributed by atoms with E-state index in [-0.39, 0.29) is 12.0 Å². The van der Waals surface area contributed by atoms with Crippen molar-refractivity contribution in [3.63, 3.8) is 0 Å². The normalized spacial score (nSPS) is 25.8. The zero-order valence-electron chi connectivity index (χ0n) is 20.4. The van der Waals surface area contributed by atoms with Crippen molar-refractivity contribution in [2.45, 2.75) is 96.5 Å². The highest BCUT2D eigenvalue weighted by atomic mass is 19.2. The lowest BCUT2D eigenvalue weighted by atomic mass is 9.77. The summed E-state index contributed by atoms with van der Waals surface area (Å²) in [4.78, 5) is 0. The van der Waals surface area contributed by atoms with Crippen LogP contribution in [0.5, 0.6) is 0 Å². The number of benzene rings is 2. The summed E-state index contributed by atoms with van der Waals surface area (Å²) in [5, 5.41) is 0. The van der Waals surface area contributed by atoms with Crippen molar-refractivity contribution in [1.29, 1.82) is 0 Å². The predicted molar refractivity (Wildman–Crippen MR) is 132 cm³/mol. The molecule has 2 fully saturated rings. The first-order valence-electron chi connectivity index (χ1n) is 13.3. The average Bonchev–Trinajstić information content (AvgIpc) is 2.86. The molecule has 1 nitrogen and oxygen atoms in total. The van der Waals surface area contributed by atoms with Gasteiger partial charge in [0.05, 0.1) is 12.7 Å². The van der Waals surface area contributed by atoms with Gasteiger partial charge in [-0.3, -0.25) is 0 Å². The van der Waals surface area contributed by atoms with E-state index >= 15 is 8.78 Å². The van der Waals surface area contributed by atoms with Gasteiger partial charge in [0, 0.05) is 5.56 Å². The highest BCUT2D eigenvalue weighted by molar-refractivity contribution is 5.65. The van der Waals surface area contributed by atoms with E-state index in [4.69, 9.17) is 4.74 Å². The summed E-state index contributed by atoms with van der Waals surface area (Å²) >= 11 is 0. The Balaban J connectivity index is 1.39. The van der Waals surface area contributed by atoms with Crippen molar-refractivity contribution < 1.29 is 13.5 Å². The molecule has 1 saturated carbocycles. The minimum Gasteiger partial charge on any atom is -0.373 e. The Morgan fingerprint density at radius 1 is 0.788 bits per heavy atom. The summed E-state index contributed by atoms with van der Waals surface area (Å²) in [5.74, 6) is 0.211. The van der Waals surface area contributed by atoms with E-state index in [1.165, 1.54) is 38.5 Å². The van der Waals surface area contributed by atoms with E-state index in [2.05, 4.69) is 13.8 Å². The Kier molecular flexibility index (Phi) is 8.57. The summed E-state index contributed by atoms with van der Waals surface area (Å²) in [5.41, 5.74) is 2.78. The van der Waals surface area contributed by atoms with Gasteiger partial charge in [-0.2, -0.15) is 0 Å². The molecule has 4 rings (SSSR count). The van der Waals surface area contributed by atoms with Crippen molar-refractivity contribution in [3.05, 3.63) is 59.2 Å². The van der Waals surface area contributed by atoms with Crippen LogP contribution < -0.4 is 0 Å². The quantitative estimate of drug-likeness (QED) is 0.361. The average molecular weight is 455 g/mol. The van der Waals surface area contributed by atoms with Crippen LogP contribution in [0.15, 0.2) is 36.4 Å². The first-order valence-corrected chi connectivity index (χ1v) is 13.3. The summed E-state index contributed by atoms with van der Waals surface area (Å²) in [6, 6.07) is 11.5. The molecule has 1 aliphatic carbocycles. The topological polar surface area (TPSA) is 9.23 Å². The second-order valence-corrected chi connectivity index (χ2v) is 10.3. The minimum absolute atomic E-state index is 0.115. The second kappa shape index (κ2) is 11.6. The molecule has 0 radical (unpaired) electrons. The molecule has 1 heterocycles. The van der Waals surface area contributed by atoms with Crippen molar-refractivity contribution in [3.8, 4) is 11.1 Å². The lowest BCUT2D eigenvalue weighted by molar-refractivity contribution is -0.0198. The van der Waals surface area contributed by atoms with Crippen LogP contribution in [0.3, 0.4) is 0 Å². The highest BCUT2D eigenvalue weighted by Gasteiger charge is 2.26. The first kappa shape index (κ1) is 24.4. The van der Waals surface area contributed by atoms with E-state index < -0.39 is 11.6 Å². The molecule has 2 unspecified atom stereocenters. The van der Waals surface area contributed by atoms with Crippen LogP contribution >= 0.6 is 0 Å². The van der Waals surface area contributed by atoms with E-state index in [9.17, 15) is 0 Å². The van der Waals surface area contributed by atoms with Crippen molar-refractivity contribution in [2.24, 2.45) is 11.8 Å². The van der Waals surface area contributed by atoms with Crippen molar-refractivity contribution in [2.75, 3.05) is 6.61 Å². The van der Waals surface area contributed by atoms with Crippen LogP contribution in [0.1, 0.15) is 108 Å². The van der Waals surface area contributed by atoms with Gasteiger partial charge in [0.1, 0.15) is 0 Å².